The molecule has 20 heavy (non-hydrogen) atoms. The van der Waals surface area contributed by atoms with Crippen molar-refractivity contribution in [2.24, 2.45) is 0 Å². The molecule has 1 N–H and O–H groups in total. The third kappa shape index (κ3) is 1.94. The Morgan fingerprint density at radius 1 is 1.25 bits per heavy atom. The Hall–Kier alpha value is -2.67. The van der Waals surface area contributed by atoms with Gasteiger partial charge in [0.2, 0.25) is 0 Å². The molecule has 0 saturated carbocycles. The minimum absolute atomic E-state index is 0.271. The molecule has 1 aliphatic heterocycles. The Morgan fingerprint density at radius 3 is 2.75 bits per heavy atom. The standard InChI is InChI=1S/C16H14N2O2/c1-19-13-7-8-15-14(9-13)18-16(10-17,11-20-15)12-5-3-2-4-6-12/h2-9,18H,11H2,1H3. The van der Waals surface area contributed by atoms with E-state index >= 15 is 0 Å². The van der Waals surface area contributed by atoms with E-state index in [0.717, 1.165) is 22.7 Å². The van der Waals surface area contributed by atoms with E-state index in [1.54, 1.807) is 7.11 Å². The van der Waals surface area contributed by atoms with Crippen LogP contribution >= 0.6 is 0 Å². The number of benzene rings is 2. The highest BCUT2D eigenvalue weighted by Gasteiger charge is 2.37. The SMILES string of the molecule is COc1ccc2c(c1)NC(C#N)(c1ccccc1)CO2. The van der Waals surface area contributed by atoms with Gasteiger partial charge in [-0.05, 0) is 17.7 Å². The Bertz CT molecular complexity index is 664. The summed E-state index contributed by atoms with van der Waals surface area (Å²) in [4.78, 5) is 0. The maximum absolute atomic E-state index is 9.62. The molecular weight excluding hydrogens is 252 g/mol. The molecule has 1 aliphatic rings. The summed E-state index contributed by atoms with van der Waals surface area (Å²) < 4.78 is 11.0. The number of rotatable bonds is 2. The summed E-state index contributed by atoms with van der Waals surface area (Å²) in [6, 6.07) is 17.4. The molecule has 0 bridgehead atoms. The number of hydrogen-bond donors (Lipinski definition) is 1. The van der Waals surface area contributed by atoms with Crippen molar-refractivity contribution in [3.63, 3.8) is 0 Å². The first-order chi connectivity index (χ1) is 9.77. The molecule has 1 heterocycles. The topological polar surface area (TPSA) is 54.3 Å². The van der Waals surface area contributed by atoms with Crippen LogP contribution in [0.5, 0.6) is 11.5 Å². The molecular formula is C16H14N2O2. The molecule has 0 aromatic heterocycles. The molecule has 2 aromatic rings. The van der Waals surface area contributed by atoms with Gasteiger partial charge in [-0.25, -0.2) is 0 Å². The molecule has 4 heteroatoms. The Labute approximate surface area is 117 Å². The smallest absolute Gasteiger partial charge is 0.185 e. The van der Waals surface area contributed by atoms with Crippen LogP contribution in [0.1, 0.15) is 5.56 Å². The molecule has 3 rings (SSSR count). The van der Waals surface area contributed by atoms with Gasteiger partial charge in [0.15, 0.2) is 5.54 Å². The minimum atomic E-state index is -0.874. The summed E-state index contributed by atoms with van der Waals surface area (Å²) in [6.07, 6.45) is 0. The van der Waals surface area contributed by atoms with Gasteiger partial charge in [-0.1, -0.05) is 30.3 Å². The first-order valence-corrected chi connectivity index (χ1v) is 6.33. The van der Waals surface area contributed by atoms with E-state index in [2.05, 4.69) is 11.4 Å². The molecule has 4 nitrogen and oxygen atoms in total. The van der Waals surface area contributed by atoms with Gasteiger partial charge in [0.05, 0.1) is 18.9 Å². The fourth-order valence-corrected chi connectivity index (χ4v) is 2.31. The lowest BCUT2D eigenvalue weighted by Gasteiger charge is -2.34. The van der Waals surface area contributed by atoms with Crippen LogP contribution in [-0.2, 0) is 5.54 Å². The first kappa shape index (κ1) is 12.4. The van der Waals surface area contributed by atoms with E-state index in [0.29, 0.717) is 0 Å². The Morgan fingerprint density at radius 2 is 2.05 bits per heavy atom. The van der Waals surface area contributed by atoms with E-state index in [1.807, 2.05) is 48.5 Å². The predicted molar refractivity (Wildman–Crippen MR) is 75.8 cm³/mol. The van der Waals surface area contributed by atoms with Crippen molar-refractivity contribution >= 4 is 5.69 Å². The van der Waals surface area contributed by atoms with Crippen molar-refractivity contribution in [1.82, 2.24) is 0 Å². The number of hydrogen-bond acceptors (Lipinski definition) is 4. The van der Waals surface area contributed by atoms with Crippen molar-refractivity contribution in [3.05, 3.63) is 54.1 Å². The van der Waals surface area contributed by atoms with Crippen molar-refractivity contribution in [2.75, 3.05) is 19.0 Å². The molecule has 2 aromatic carbocycles. The number of fused-ring (bicyclic) bond motifs is 1. The highest BCUT2D eigenvalue weighted by atomic mass is 16.5. The van der Waals surface area contributed by atoms with Crippen molar-refractivity contribution in [3.8, 4) is 17.6 Å². The van der Waals surface area contributed by atoms with Gasteiger partial charge in [-0.2, -0.15) is 5.26 Å². The van der Waals surface area contributed by atoms with Crippen LogP contribution < -0.4 is 14.8 Å². The lowest BCUT2D eigenvalue weighted by molar-refractivity contribution is 0.253. The zero-order chi connectivity index (χ0) is 14.0. The van der Waals surface area contributed by atoms with Crippen molar-refractivity contribution < 1.29 is 9.47 Å². The van der Waals surface area contributed by atoms with E-state index < -0.39 is 5.54 Å². The summed E-state index contributed by atoms with van der Waals surface area (Å²) >= 11 is 0. The zero-order valence-corrected chi connectivity index (χ0v) is 11.1. The number of nitrogens with zero attached hydrogens (tertiary/aromatic N) is 1. The van der Waals surface area contributed by atoms with Gasteiger partial charge in [0.25, 0.3) is 0 Å². The van der Waals surface area contributed by atoms with E-state index in [9.17, 15) is 5.26 Å². The fraction of sp³-hybridized carbons (Fsp3) is 0.188. The van der Waals surface area contributed by atoms with Crippen LogP contribution in [0.25, 0.3) is 0 Å². The average Bonchev–Trinajstić information content (AvgIpc) is 2.54. The molecule has 0 spiro atoms. The predicted octanol–water partition coefficient (Wildman–Crippen LogP) is 2.92. The maximum atomic E-state index is 9.62. The lowest BCUT2D eigenvalue weighted by atomic mass is 9.90. The minimum Gasteiger partial charge on any atom is -0.497 e. The van der Waals surface area contributed by atoms with Gasteiger partial charge in [0, 0.05) is 6.07 Å². The summed E-state index contributed by atoms with van der Waals surface area (Å²) in [5.74, 6) is 1.45. The second-order valence-corrected chi connectivity index (χ2v) is 4.66. The number of nitriles is 1. The summed E-state index contributed by atoms with van der Waals surface area (Å²) in [5, 5.41) is 12.9. The van der Waals surface area contributed by atoms with Crippen molar-refractivity contribution in [2.45, 2.75) is 5.54 Å². The number of anilines is 1. The molecule has 0 amide bonds. The largest absolute Gasteiger partial charge is 0.497 e. The van der Waals surface area contributed by atoms with Gasteiger partial charge in [-0.3, -0.25) is 0 Å². The maximum Gasteiger partial charge on any atom is 0.185 e. The van der Waals surface area contributed by atoms with Crippen LogP contribution in [0.3, 0.4) is 0 Å². The lowest BCUT2D eigenvalue weighted by Crippen LogP contribution is -2.42. The average molecular weight is 266 g/mol. The first-order valence-electron chi connectivity index (χ1n) is 6.33. The summed E-state index contributed by atoms with van der Waals surface area (Å²) in [5.41, 5.74) is 0.776. The molecule has 1 atom stereocenters. The van der Waals surface area contributed by atoms with E-state index in [4.69, 9.17) is 9.47 Å². The normalized spacial score (nSPS) is 20.0. The highest BCUT2D eigenvalue weighted by molar-refractivity contribution is 5.65. The second-order valence-electron chi connectivity index (χ2n) is 4.66. The second kappa shape index (κ2) is 4.78. The van der Waals surface area contributed by atoms with Crippen molar-refractivity contribution in [1.29, 1.82) is 5.26 Å². The van der Waals surface area contributed by atoms with Crippen LogP contribution in [-0.4, -0.2) is 13.7 Å². The van der Waals surface area contributed by atoms with Gasteiger partial charge < -0.3 is 14.8 Å². The monoisotopic (exact) mass is 266 g/mol. The highest BCUT2D eigenvalue weighted by Crippen LogP contribution is 2.39. The fourth-order valence-electron chi connectivity index (χ4n) is 2.31. The zero-order valence-electron chi connectivity index (χ0n) is 11.1. The number of nitrogens with one attached hydrogen (secondary N) is 1. The molecule has 0 saturated heterocycles. The van der Waals surface area contributed by atoms with Crippen LogP contribution in [0, 0.1) is 11.3 Å². The molecule has 0 fully saturated rings. The van der Waals surface area contributed by atoms with Gasteiger partial charge in [-0.15, -0.1) is 0 Å². The van der Waals surface area contributed by atoms with Gasteiger partial charge in [0.1, 0.15) is 18.1 Å². The van der Waals surface area contributed by atoms with E-state index in [1.165, 1.54) is 0 Å². The van der Waals surface area contributed by atoms with E-state index in [-0.39, 0.29) is 6.61 Å². The van der Waals surface area contributed by atoms with Crippen LogP contribution in [0.2, 0.25) is 0 Å². The number of methoxy groups -OCH3 is 1. The third-order valence-electron chi connectivity index (χ3n) is 3.44. The summed E-state index contributed by atoms with van der Waals surface area (Å²) in [7, 11) is 1.61. The van der Waals surface area contributed by atoms with Crippen LogP contribution in [0.4, 0.5) is 5.69 Å². The Kier molecular flexibility index (Phi) is 2.96. The van der Waals surface area contributed by atoms with Gasteiger partial charge >= 0.3 is 0 Å². The molecule has 0 radical (unpaired) electrons. The third-order valence-corrected chi connectivity index (χ3v) is 3.44. The van der Waals surface area contributed by atoms with Crippen LogP contribution in [0.15, 0.2) is 48.5 Å². The molecule has 100 valence electrons. The molecule has 1 unspecified atom stereocenters. The quantitative estimate of drug-likeness (QED) is 0.908. The molecule has 0 aliphatic carbocycles. The summed E-state index contributed by atoms with van der Waals surface area (Å²) in [6.45, 7) is 0.271. The number of ether oxygens (including phenoxy) is 2. The Balaban J connectivity index is 2.03.